The van der Waals surface area contributed by atoms with Gasteiger partial charge >= 0.3 is 12.0 Å². The van der Waals surface area contributed by atoms with Crippen molar-refractivity contribution < 1.29 is 19.4 Å². The maximum absolute atomic E-state index is 11.8. The van der Waals surface area contributed by atoms with E-state index in [9.17, 15) is 9.59 Å². The van der Waals surface area contributed by atoms with Crippen LogP contribution in [0.15, 0.2) is 36.4 Å². The molecule has 0 saturated carbocycles. The maximum atomic E-state index is 11.8. The zero-order valence-corrected chi connectivity index (χ0v) is 13.2. The van der Waals surface area contributed by atoms with Crippen molar-refractivity contribution in [3.8, 4) is 0 Å². The van der Waals surface area contributed by atoms with Crippen LogP contribution in [0.25, 0.3) is 0 Å². The predicted molar refractivity (Wildman–Crippen MR) is 86.3 cm³/mol. The van der Waals surface area contributed by atoms with Gasteiger partial charge in [-0.2, -0.15) is 0 Å². The summed E-state index contributed by atoms with van der Waals surface area (Å²) in [6.07, 6.45) is 0.924. The lowest BCUT2D eigenvalue weighted by Gasteiger charge is -2.19. The van der Waals surface area contributed by atoms with Gasteiger partial charge in [0.05, 0.1) is 11.7 Å². The van der Waals surface area contributed by atoms with E-state index in [4.69, 9.17) is 9.84 Å². The molecule has 1 saturated heterocycles. The molecule has 2 amide bonds. The number of hydrogen-bond acceptors (Lipinski definition) is 3. The first kappa shape index (κ1) is 17.0. The maximum Gasteiger partial charge on any atom is 0.335 e. The number of carboxylic acids is 1. The molecule has 0 spiro atoms. The van der Waals surface area contributed by atoms with Gasteiger partial charge in [0.1, 0.15) is 0 Å². The normalized spacial score (nSPS) is 20.0. The Kier molecular flexibility index (Phi) is 5.76. The van der Waals surface area contributed by atoms with Crippen LogP contribution in [0.5, 0.6) is 0 Å². The minimum atomic E-state index is -0.965. The van der Waals surface area contributed by atoms with Crippen molar-refractivity contribution in [1.82, 2.24) is 10.6 Å². The van der Waals surface area contributed by atoms with Crippen molar-refractivity contribution >= 4 is 12.0 Å². The number of urea groups is 1. The number of carboxylic acid groups (broad SMARTS) is 1. The van der Waals surface area contributed by atoms with Crippen molar-refractivity contribution in [1.29, 1.82) is 0 Å². The van der Waals surface area contributed by atoms with Crippen LogP contribution < -0.4 is 10.6 Å². The topological polar surface area (TPSA) is 87.7 Å². The molecular formula is C17H22N2O4. The third-order valence-corrected chi connectivity index (χ3v) is 3.88. The monoisotopic (exact) mass is 318 g/mol. The van der Waals surface area contributed by atoms with E-state index in [2.05, 4.69) is 17.2 Å². The third kappa shape index (κ3) is 4.82. The molecule has 6 nitrogen and oxygen atoms in total. The third-order valence-electron chi connectivity index (χ3n) is 3.88. The molecule has 1 aromatic carbocycles. The minimum absolute atomic E-state index is 0.0128. The molecule has 23 heavy (non-hydrogen) atoms. The summed E-state index contributed by atoms with van der Waals surface area (Å²) in [5.74, 6) is -0.707. The summed E-state index contributed by atoms with van der Waals surface area (Å²) >= 11 is 0. The fraction of sp³-hybridized carbons (Fsp3) is 0.412. The molecule has 2 rings (SSSR count). The number of carbonyl (C=O) groups is 2. The summed E-state index contributed by atoms with van der Waals surface area (Å²) in [5.41, 5.74) is 2.05. The fourth-order valence-electron chi connectivity index (χ4n) is 2.62. The van der Waals surface area contributed by atoms with Crippen LogP contribution in [0.4, 0.5) is 4.79 Å². The highest BCUT2D eigenvalue weighted by molar-refractivity contribution is 5.87. The molecule has 1 fully saturated rings. The van der Waals surface area contributed by atoms with E-state index >= 15 is 0 Å². The van der Waals surface area contributed by atoms with E-state index in [-0.39, 0.29) is 23.6 Å². The highest BCUT2D eigenvalue weighted by Gasteiger charge is 2.28. The standard InChI is InChI=1S/C17H22N2O4/c1-11(2)15-14(7-8-23-15)10-19-17(22)18-9-12-3-5-13(6-4-12)16(20)21/h3-6,14-15H,1,7-10H2,2H3,(H,20,21)(H2,18,19,22). The molecule has 1 aliphatic heterocycles. The van der Waals surface area contributed by atoms with Gasteiger partial charge in [0, 0.05) is 25.6 Å². The summed E-state index contributed by atoms with van der Waals surface area (Å²) in [4.78, 5) is 22.6. The van der Waals surface area contributed by atoms with Gasteiger partial charge in [-0.3, -0.25) is 0 Å². The smallest absolute Gasteiger partial charge is 0.335 e. The van der Waals surface area contributed by atoms with Gasteiger partial charge in [-0.15, -0.1) is 0 Å². The van der Waals surface area contributed by atoms with Gasteiger partial charge in [0.15, 0.2) is 0 Å². The number of benzene rings is 1. The lowest BCUT2D eigenvalue weighted by atomic mass is 9.97. The van der Waals surface area contributed by atoms with E-state index in [1.54, 1.807) is 12.1 Å². The summed E-state index contributed by atoms with van der Waals surface area (Å²) in [6, 6.07) is 6.16. The molecule has 2 unspecified atom stereocenters. The summed E-state index contributed by atoms with van der Waals surface area (Å²) < 4.78 is 5.60. The lowest BCUT2D eigenvalue weighted by molar-refractivity contribution is 0.0697. The van der Waals surface area contributed by atoms with Crippen LogP contribution in [0.1, 0.15) is 29.3 Å². The minimum Gasteiger partial charge on any atom is -0.478 e. The Morgan fingerprint density at radius 2 is 2.00 bits per heavy atom. The van der Waals surface area contributed by atoms with Crippen molar-refractivity contribution in [2.24, 2.45) is 5.92 Å². The number of ether oxygens (including phenoxy) is 1. The van der Waals surface area contributed by atoms with Crippen LogP contribution in [0, 0.1) is 5.92 Å². The van der Waals surface area contributed by atoms with Gasteiger partial charge in [-0.25, -0.2) is 9.59 Å². The predicted octanol–water partition coefficient (Wildman–Crippen LogP) is 2.17. The molecule has 1 heterocycles. The van der Waals surface area contributed by atoms with E-state index in [0.29, 0.717) is 19.7 Å². The number of amides is 2. The van der Waals surface area contributed by atoms with Gasteiger partial charge in [0.2, 0.25) is 0 Å². The second kappa shape index (κ2) is 7.78. The van der Waals surface area contributed by atoms with Crippen LogP contribution in [0.3, 0.4) is 0 Å². The molecule has 0 radical (unpaired) electrons. The Labute approximate surface area is 135 Å². The molecule has 3 N–H and O–H groups in total. The first-order valence-corrected chi connectivity index (χ1v) is 7.58. The van der Waals surface area contributed by atoms with Crippen LogP contribution in [0.2, 0.25) is 0 Å². The van der Waals surface area contributed by atoms with E-state index in [0.717, 1.165) is 17.6 Å². The second-order valence-electron chi connectivity index (χ2n) is 5.75. The van der Waals surface area contributed by atoms with Crippen LogP contribution in [-0.2, 0) is 11.3 Å². The van der Waals surface area contributed by atoms with Gasteiger partial charge in [-0.1, -0.05) is 24.3 Å². The molecule has 1 aliphatic rings. The number of aromatic carboxylic acids is 1. The molecule has 1 aromatic rings. The number of hydrogen-bond donors (Lipinski definition) is 3. The Morgan fingerprint density at radius 3 is 2.61 bits per heavy atom. The zero-order chi connectivity index (χ0) is 16.8. The molecule has 0 bridgehead atoms. The molecule has 124 valence electrons. The van der Waals surface area contributed by atoms with Gasteiger partial charge in [0.25, 0.3) is 0 Å². The van der Waals surface area contributed by atoms with Crippen LogP contribution in [-0.4, -0.2) is 36.4 Å². The summed E-state index contributed by atoms with van der Waals surface area (Å²) in [7, 11) is 0. The lowest BCUT2D eigenvalue weighted by Crippen LogP contribution is -2.39. The van der Waals surface area contributed by atoms with E-state index < -0.39 is 5.97 Å². The van der Waals surface area contributed by atoms with E-state index in [1.165, 1.54) is 12.1 Å². The average molecular weight is 318 g/mol. The van der Waals surface area contributed by atoms with Crippen molar-refractivity contribution in [3.63, 3.8) is 0 Å². The van der Waals surface area contributed by atoms with Crippen molar-refractivity contribution in [3.05, 3.63) is 47.5 Å². The van der Waals surface area contributed by atoms with Crippen molar-refractivity contribution in [2.45, 2.75) is 26.0 Å². The van der Waals surface area contributed by atoms with Crippen LogP contribution >= 0.6 is 0 Å². The molecule has 0 aromatic heterocycles. The molecule has 6 heteroatoms. The first-order valence-electron chi connectivity index (χ1n) is 7.58. The number of nitrogens with one attached hydrogen (secondary N) is 2. The zero-order valence-electron chi connectivity index (χ0n) is 13.2. The molecule has 2 atom stereocenters. The quantitative estimate of drug-likeness (QED) is 0.701. The Balaban J connectivity index is 1.74. The second-order valence-corrected chi connectivity index (χ2v) is 5.75. The highest BCUT2D eigenvalue weighted by atomic mass is 16.5. The van der Waals surface area contributed by atoms with Gasteiger partial charge in [-0.05, 0) is 31.0 Å². The summed E-state index contributed by atoms with van der Waals surface area (Å²) in [6.45, 7) is 7.43. The Morgan fingerprint density at radius 1 is 1.30 bits per heavy atom. The Hall–Kier alpha value is -2.34. The highest BCUT2D eigenvalue weighted by Crippen LogP contribution is 2.24. The van der Waals surface area contributed by atoms with Gasteiger partial charge < -0.3 is 20.5 Å². The fourth-order valence-corrected chi connectivity index (χ4v) is 2.62. The molecular weight excluding hydrogens is 296 g/mol. The number of rotatable bonds is 6. The summed E-state index contributed by atoms with van der Waals surface area (Å²) in [5, 5.41) is 14.4. The van der Waals surface area contributed by atoms with Crippen molar-refractivity contribution in [2.75, 3.05) is 13.2 Å². The molecule has 0 aliphatic carbocycles. The Bertz CT molecular complexity index is 583. The average Bonchev–Trinajstić information content (AvgIpc) is 3.00. The number of carbonyl (C=O) groups excluding carboxylic acids is 1. The van der Waals surface area contributed by atoms with E-state index in [1.807, 2.05) is 6.92 Å². The largest absolute Gasteiger partial charge is 0.478 e. The SMILES string of the molecule is C=C(C)C1OCCC1CNC(=O)NCc1ccc(C(=O)O)cc1. The first-order chi connectivity index (χ1) is 11.0.